The highest BCUT2D eigenvalue weighted by atomic mass is 35.5. The Morgan fingerprint density at radius 1 is 0.970 bits per heavy atom. The molecular weight excluding hydrogens is 474 g/mol. The highest BCUT2D eigenvalue weighted by Crippen LogP contribution is 2.35. The number of carbonyl (C=O) groups excluding carboxylic acids is 1. The van der Waals surface area contributed by atoms with Crippen molar-refractivity contribution in [2.75, 3.05) is 38.3 Å². The van der Waals surface area contributed by atoms with Gasteiger partial charge in [-0.15, -0.1) is 24.2 Å². The van der Waals surface area contributed by atoms with E-state index in [1.165, 1.54) is 0 Å². The topological polar surface area (TPSA) is 45.7 Å². The second-order valence-corrected chi connectivity index (χ2v) is 9.36. The molecule has 1 heterocycles. The zero-order valence-corrected chi connectivity index (χ0v) is 21.2. The maximum atomic E-state index is 13.6. The molecule has 1 aromatic heterocycles. The highest BCUT2D eigenvalue weighted by Gasteiger charge is 2.22. The molecule has 0 aliphatic heterocycles. The Labute approximate surface area is 208 Å². The molecule has 0 fully saturated rings. The van der Waals surface area contributed by atoms with Crippen molar-refractivity contribution < 1.29 is 9.53 Å². The Balaban J connectivity index is 0.00000306. The predicted molar refractivity (Wildman–Crippen MR) is 142 cm³/mol. The summed E-state index contributed by atoms with van der Waals surface area (Å²) in [5.74, 6) is 1.27. The second kappa shape index (κ2) is 11.5. The van der Waals surface area contributed by atoms with Gasteiger partial charge in [-0.25, -0.2) is 4.98 Å². The zero-order valence-electron chi connectivity index (χ0n) is 18.7. The van der Waals surface area contributed by atoms with Crippen molar-refractivity contribution in [3.63, 3.8) is 0 Å². The van der Waals surface area contributed by atoms with Crippen molar-refractivity contribution >= 4 is 56.8 Å². The van der Waals surface area contributed by atoms with Gasteiger partial charge in [-0.1, -0.05) is 41.7 Å². The Kier molecular flexibility index (Phi) is 8.74. The SMILES string of the molecule is CSc1cccc2sc(N(CCN(C)C)C(=O)c3cccc(Oc4ccccc4)c3)nc12.Cl. The van der Waals surface area contributed by atoms with Crippen molar-refractivity contribution in [1.29, 1.82) is 0 Å². The average Bonchev–Trinajstić information content (AvgIpc) is 3.24. The van der Waals surface area contributed by atoms with Crippen molar-refractivity contribution in [3.8, 4) is 11.5 Å². The molecule has 0 aliphatic rings. The summed E-state index contributed by atoms with van der Waals surface area (Å²) in [6, 6.07) is 23.0. The van der Waals surface area contributed by atoms with Gasteiger partial charge in [0.25, 0.3) is 5.91 Å². The lowest BCUT2D eigenvalue weighted by Gasteiger charge is -2.22. The summed E-state index contributed by atoms with van der Waals surface area (Å²) >= 11 is 3.21. The Morgan fingerprint density at radius 3 is 2.42 bits per heavy atom. The number of fused-ring (bicyclic) bond motifs is 1. The summed E-state index contributed by atoms with van der Waals surface area (Å²) in [6.07, 6.45) is 2.04. The molecule has 8 heteroatoms. The van der Waals surface area contributed by atoms with Crippen LogP contribution in [0.1, 0.15) is 10.4 Å². The van der Waals surface area contributed by atoms with E-state index in [4.69, 9.17) is 9.72 Å². The lowest BCUT2D eigenvalue weighted by Crippen LogP contribution is -2.36. The van der Waals surface area contributed by atoms with Crippen LogP contribution in [0, 0.1) is 0 Å². The lowest BCUT2D eigenvalue weighted by atomic mass is 10.2. The minimum Gasteiger partial charge on any atom is -0.457 e. The number of hydrogen-bond acceptors (Lipinski definition) is 6. The van der Waals surface area contributed by atoms with Crippen LogP contribution in [0.25, 0.3) is 10.2 Å². The van der Waals surface area contributed by atoms with Gasteiger partial charge in [0, 0.05) is 23.5 Å². The standard InChI is InChI=1S/C25H25N3O2S2.ClH/c1-27(2)15-16-28(25-26-23-21(31-3)13-8-14-22(23)32-25)24(29)18-9-7-12-20(17-18)30-19-10-5-4-6-11-19;/h4-14,17H,15-16H2,1-3H3;1H. The van der Waals surface area contributed by atoms with Crippen LogP contribution in [-0.2, 0) is 0 Å². The largest absolute Gasteiger partial charge is 0.457 e. The first kappa shape index (κ1) is 25.1. The van der Waals surface area contributed by atoms with Gasteiger partial charge in [0.1, 0.15) is 11.5 Å². The predicted octanol–water partition coefficient (Wildman–Crippen LogP) is 6.44. The van der Waals surface area contributed by atoms with Gasteiger partial charge >= 0.3 is 0 Å². The van der Waals surface area contributed by atoms with Crippen molar-refractivity contribution in [1.82, 2.24) is 9.88 Å². The van der Waals surface area contributed by atoms with Crippen LogP contribution in [0.3, 0.4) is 0 Å². The van der Waals surface area contributed by atoms with Gasteiger partial charge in [-0.3, -0.25) is 9.69 Å². The van der Waals surface area contributed by atoms with Gasteiger partial charge in [0.05, 0.1) is 10.2 Å². The third-order valence-electron chi connectivity index (χ3n) is 4.90. The molecule has 1 amide bonds. The minimum absolute atomic E-state index is 0. The molecule has 172 valence electrons. The number of thioether (sulfide) groups is 1. The number of rotatable bonds is 8. The zero-order chi connectivity index (χ0) is 22.5. The first-order valence-corrected chi connectivity index (χ1v) is 12.3. The number of aromatic nitrogens is 1. The summed E-state index contributed by atoms with van der Waals surface area (Å²) in [7, 11) is 4.00. The van der Waals surface area contributed by atoms with E-state index < -0.39 is 0 Å². The summed E-state index contributed by atoms with van der Waals surface area (Å²) < 4.78 is 7.02. The number of amides is 1. The summed E-state index contributed by atoms with van der Waals surface area (Å²) in [5.41, 5.74) is 1.52. The third kappa shape index (κ3) is 6.06. The number of ether oxygens (including phenoxy) is 1. The monoisotopic (exact) mass is 499 g/mol. The molecule has 0 aliphatic carbocycles. The molecule has 4 rings (SSSR count). The van der Waals surface area contributed by atoms with E-state index in [0.29, 0.717) is 23.0 Å². The fraction of sp³-hybridized carbons (Fsp3) is 0.200. The summed E-state index contributed by atoms with van der Waals surface area (Å²) in [6.45, 7) is 1.28. The van der Waals surface area contributed by atoms with Gasteiger partial charge in [-0.2, -0.15) is 0 Å². The normalized spacial score (nSPS) is 10.8. The van der Waals surface area contributed by atoms with Gasteiger partial charge in [-0.05, 0) is 62.8 Å². The highest BCUT2D eigenvalue weighted by molar-refractivity contribution is 7.98. The number of para-hydroxylation sites is 2. The maximum absolute atomic E-state index is 13.6. The maximum Gasteiger partial charge on any atom is 0.260 e. The molecule has 4 aromatic rings. The van der Waals surface area contributed by atoms with E-state index in [1.807, 2.05) is 74.9 Å². The van der Waals surface area contributed by atoms with Gasteiger partial charge in [0.2, 0.25) is 0 Å². The van der Waals surface area contributed by atoms with Crippen LogP contribution in [-0.4, -0.2) is 49.2 Å². The van der Waals surface area contributed by atoms with E-state index in [9.17, 15) is 4.79 Å². The molecule has 0 saturated heterocycles. The van der Waals surface area contributed by atoms with Crippen LogP contribution in [0.4, 0.5) is 5.13 Å². The molecule has 5 nitrogen and oxygen atoms in total. The molecule has 0 spiro atoms. The molecular formula is C25H26ClN3O2S2. The van der Waals surface area contributed by atoms with Crippen molar-refractivity contribution in [2.24, 2.45) is 0 Å². The number of halogens is 1. The number of hydrogen-bond donors (Lipinski definition) is 0. The average molecular weight is 500 g/mol. The van der Waals surface area contributed by atoms with E-state index >= 15 is 0 Å². The second-order valence-electron chi connectivity index (χ2n) is 7.51. The third-order valence-corrected chi connectivity index (χ3v) is 6.71. The van der Waals surface area contributed by atoms with Crippen LogP contribution in [0.2, 0.25) is 0 Å². The Hall–Kier alpha value is -2.58. The quantitative estimate of drug-likeness (QED) is 0.261. The van der Waals surface area contributed by atoms with Gasteiger partial charge < -0.3 is 9.64 Å². The van der Waals surface area contributed by atoms with Crippen LogP contribution in [0.5, 0.6) is 11.5 Å². The van der Waals surface area contributed by atoms with E-state index in [0.717, 1.165) is 27.4 Å². The van der Waals surface area contributed by atoms with Gasteiger partial charge in [0.15, 0.2) is 5.13 Å². The molecule has 0 unspecified atom stereocenters. The summed E-state index contributed by atoms with van der Waals surface area (Å²) in [5, 5.41) is 0.711. The Bertz CT molecular complexity index is 1210. The minimum atomic E-state index is -0.0879. The van der Waals surface area contributed by atoms with E-state index in [1.54, 1.807) is 34.1 Å². The molecule has 0 radical (unpaired) electrons. The molecule has 0 N–H and O–H groups in total. The number of nitrogens with zero attached hydrogens (tertiary/aromatic N) is 3. The van der Waals surface area contributed by atoms with Crippen LogP contribution >= 0.6 is 35.5 Å². The number of benzene rings is 3. The van der Waals surface area contributed by atoms with Crippen LogP contribution in [0.15, 0.2) is 77.7 Å². The van der Waals surface area contributed by atoms with Crippen LogP contribution < -0.4 is 9.64 Å². The first-order chi connectivity index (χ1) is 15.5. The smallest absolute Gasteiger partial charge is 0.260 e. The molecule has 3 aromatic carbocycles. The Morgan fingerprint density at radius 2 is 1.70 bits per heavy atom. The first-order valence-electron chi connectivity index (χ1n) is 10.3. The van der Waals surface area contributed by atoms with Crippen molar-refractivity contribution in [3.05, 3.63) is 78.4 Å². The number of likely N-dealkylation sites (N-methyl/N-ethyl adjacent to an activating group) is 1. The number of anilines is 1. The van der Waals surface area contributed by atoms with E-state index in [2.05, 4.69) is 17.0 Å². The molecule has 0 bridgehead atoms. The van der Waals surface area contributed by atoms with E-state index in [-0.39, 0.29) is 18.3 Å². The fourth-order valence-electron chi connectivity index (χ4n) is 3.25. The number of carbonyl (C=O) groups is 1. The molecule has 0 saturated carbocycles. The summed E-state index contributed by atoms with van der Waals surface area (Å²) in [4.78, 5) is 23.4. The lowest BCUT2D eigenvalue weighted by molar-refractivity contribution is 0.0985. The van der Waals surface area contributed by atoms with Crippen molar-refractivity contribution in [2.45, 2.75) is 4.90 Å². The molecule has 33 heavy (non-hydrogen) atoms. The fourth-order valence-corrected chi connectivity index (χ4v) is 4.89. The molecule has 0 atom stereocenters. The number of thiazole rings is 1.